The standard InChI is InChI=1S/C23H24ClN5O2/c24-19-6-8-21(9-7-19)29-16-17(15-26-29)14-25-23(31)28-12-10-20(11-13-28)27-22(30)18-4-2-1-3-5-18/h1-9,15-16,20H,10-14H2,(H,25,31)(H,27,30). The molecule has 2 aromatic carbocycles. The van der Waals surface area contributed by atoms with E-state index in [9.17, 15) is 9.59 Å². The Morgan fingerprint density at radius 1 is 1.03 bits per heavy atom. The molecule has 0 aliphatic carbocycles. The molecule has 31 heavy (non-hydrogen) atoms. The summed E-state index contributed by atoms with van der Waals surface area (Å²) in [6.45, 7) is 1.61. The van der Waals surface area contributed by atoms with Gasteiger partial charge in [0, 0.05) is 48.0 Å². The topological polar surface area (TPSA) is 79.3 Å². The van der Waals surface area contributed by atoms with Crippen LogP contribution in [0.4, 0.5) is 4.79 Å². The highest BCUT2D eigenvalue weighted by Gasteiger charge is 2.24. The molecule has 0 unspecified atom stereocenters. The summed E-state index contributed by atoms with van der Waals surface area (Å²) < 4.78 is 1.75. The lowest BCUT2D eigenvalue weighted by Gasteiger charge is -2.32. The van der Waals surface area contributed by atoms with E-state index in [2.05, 4.69) is 15.7 Å². The molecule has 0 spiro atoms. The van der Waals surface area contributed by atoms with Crippen LogP contribution in [0.25, 0.3) is 5.69 Å². The first-order valence-electron chi connectivity index (χ1n) is 10.3. The molecule has 3 amide bonds. The van der Waals surface area contributed by atoms with Gasteiger partial charge in [0.25, 0.3) is 5.91 Å². The number of likely N-dealkylation sites (tertiary alicyclic amines) is 1. The maximum absolute atomic E-state index is 12.5. The quantitative estimate of drug-likeness (QED) is 0.639. The summed E-state index contributed by atoms with van der Waals surface area (Å²) >= 11 is 5.92. The molecule has 0 bridgehead atoms. The minimum atomic E-state index is -0.105. The fourth-order valence-electron chi connectivity index (χ4n) is 3.56. The van der Waals surface area contributed by atoms with Gasteiger partial charge in [-0.1, -0.05) is 29.8 Å². The summed E-state index contributed by atoms with van der Waals surface area (Å²) in [5.41, 5.74) is 2.47. The van der Waals surface area contributed by atoms with Crippen molar-refractivity contribution in [1.82, 2.24) is 25.3 Å². The summed E-state index contributed by atoms with van der Waals surface area (Å²) in [6, 6.07) is 16.6. The number of rotatable bonds is 5. The fraction of sp³-hybridized carbons (Fsp3) is 0.261. The number of nitrogens with zero attached hydrogens (tertiary/aromatic N) is 3. The second-order valence-electron chi connectivity index (χ2n) is 7.53. The zero-order chi connectivity index (χ0) is 21.6. The van der Waals surface area contributed by atoms with Crippen LogP contribution in [0.15, 0.2) is 67.0 Å². The van der Waals surface area contributed by atoms with Crippen molar-refractivity contribution in [3.63, 3.8) is 0 Å². The largest absolute Gasteiger partial charge is 0.349 e. The molecule has 2 N–H and O–H groups in total. The van der Waals surface area contributed by atoms with Crippen LogP contribution in [0.2, 0.25) is 5.02 Å². The van der Waals surface area contributed by atoms with E-state index < -0.39 is 0 Å². The molecular weight excluding hydrogens is 414 g/mol. The molecule has 1 aliphatic heterocycles. The molecule has 0 radical (unpaired) electrons. The first kappa shape index (κ1) is 20.9. The maximum Gasteiger partial charge on any atom is 0.317 e. The van der Waals surface area contributed by atoms with Gasteiger partial charge in [-0.3, -0.25) is 4.79 Å². The SMILES string of the molecule is O=C(NC1CCN(C(=O)NCc2cnn(-c3ccc(Cl)cc3)c2)CC1)c1ccccc1. The first-order valence-corrected chi connectivity index (χ1v) is 10.6. The van der Waals surface area contributed by atoms with Crippen molar-refractivity contribution in [1.29, 1.82) is 0 Å². The predicted octanol–water partition coefficient (Wildman–Crippen LogP) is 3.63. The lowest BCUT2D eigenvalue weighted by Crippen LogP contribution is -2.49. The van der Waals surface area contributed by atoms with Gasteiger partial charge in [0.05, 0.1) is 11.9 Å². The molecule has 1 fully saturated rings. The van der Waals surface area contributed by atoms with Gasteiger partial charge in [0.2, 0.25) is 0 Å². The highest BCUT2D eigenvalue weighted by atomic mass is 35.5. The van der Waals surface area contributed by atoms with Gasteiger partial charge in [-0.25, -0.2) is 9.48 Å². The van der Waals surface area contributed by atoms with E-state index >= 15 is 0 Å². The van der Waals surface area contributed by atoms with E-state index in [-0.39, 0.29) is 18.0 Å². The smallest absolute Gasteiger partial charge is 0.317 e. The Balaban J connectivity index is 1.22. The highest BCUT2D eigenvalue weighted by molar-refractivity contribution is 6.30. The summed E-state index contributed by atoms with van der Waals surface area (Å²) in [5.74, 6) is -0.0683. The molecule has 0 atom stereocenters. The fourth-order valence-corrected chi connectivity index (χ4v) is 3.69. The second-order valence-corrected chi connectivity index (χ2v) is 7.97. The van der Waals surface area contributed by atoms with E-state index in [0.29, 0.717) is 30.2 Å². The molecule has 1 aliphatic rings. The average Bonchev–Trinajstić information content (AvgIpc) is 3.28. The van der Waals surface area contributed by atoms with Crippen LogP contribution in [0.3, 0.4) is 0 Å². The number of amides is 3. The zero-order valence-corrected chi connectivity index (χ0v) is 17.8. The number of hydrogen-bond donors (Lipinski definition) is 2. The molecule has 0 saturated carbocycles. The second kappa shape index (κ2) is 9.66. The van der Waals surface area contributed by atoms with E-state index in [0.717, 1.165) is 24.1 Å². The minimum Gasteiger partial charge on any atom is -0.349 e. The lowest BCUT2D eigenvalue weighted by molar-refractivity contribution is 0.0918. The van der Waals surface area contributed by atoms with Gasteiger partial charge in [-0.05, 0) is 49.2 Å². The molecule has 1 saturated heterocycles. The Labute approximate surface area is 186 Å². The van der Waals surface area contributed by atoms with Gasteiger partial charge >= 0.3 is 6.03 Å². The van der Waals surface area contributed by atoms with Gasteiger partial charge in [-0.2, -0.15) is 5.10 Å². The molecule has 1 aromatic heterocycles. The molecular formula is C23H24ClN5O2. The Kier molecular flexibility index (Phi) is 6.52. The van der Waals surface area contributed by atoms with E-state index in [4.69, 9.17) is 11.6 Å². The molecule has 7 nitrogen and oxygen atoms in total. The third-order valence-electron chi connectivity index (χ3n) is 5.32. The average molecular weight is 438 g/mol. The molecule has 160 valence electrons. The summed E-state index contributed by atoms with van der Waals surface area (Å²) in [7, 11) is 0. The third kappa shape index (κ3) is 5.44. The Morgan fingerprint density at radius 3 is 2.45 bits per heavy atom. The number of aromatic nitrogens is 2. The molecule has 4 rings (SSSR count). The first-order chi connectivity index (χ1) is 15.1. The van der Waals surface area contributed by atoms with Crippen molar-refractivity contribution < 1.29 is 9.59 Å². The predicted molar refractivity (Wildman–Crippen MR) is 119 cm³/mol. The normalized spacial score (nSPS) is 14.3. The van der Waals surface area contributed by atoms with Crippen molar-refractivity contribution in [2.45, 2.75) is 25.4 Å². The number of nitrogens with one attached hydrogen (secondary N) is 2. The van der Waals surface area contributed by atoms with Crippen molar-refractivity contribution >= 4 is 23.5 Å². The van der Waals surface area contributed by atoms with E-state index in [1.165, 1.54) is 0 Å². The van der Waals surface area contributed by atoms with Gasteiger partial charge in [0.1, 0.15) is 0 Å². The van der Waals surface area contributed by atoms with Gasteiger partial charge in [-0.15, -0.1) is 0 Å². The number of carbonyl (C=O) groups is 2. The van der Waals surface area contributed by atoms with Crippen LogP contribution in [0.5, 0.6) is 0 Å². The monoisotopic (exact) mass is 437 g/mol. The maximum atomic E-state index is 12.5. The number of benzene rings is 2. The van der Waals surface area contributed by atoms with Crippen LogP contribution in [0.1, 0.15) is 28.8 Å². The number of hydrogen-bond acceptors (Lipinski definition) is 3. The Bertz CT molecular complexity index is 1030. The van der Waals surface area contributed by atoms with Gasteiger partial charge < -0.3 is 15.5 Å². The van der Waals surface area contributed by atoms with Crippen molar-refractivity contribution in [3.05, 3.63) is 83.1 Å². The zero-order valence-electron chi connectivity index (χ0n) is 17.0. The van der Waals surface area contributed by atoms with Crippen LogP contribution < -0.4 is 10.6 Å². The van der Waals surface area contributed by atoms with E-state index in [1.54, 1.807) is 27.9 Å². The summed E-state index contributed by atoms with van der Waals surface area (Å²) in [4.78, 5) is 26.6. The summed E-state index contributed by atoms with van der Waals surface area (Å²) in [6.07, 6.45) is 5.09. The molecule has 3 aromatic rings. The van der Waals surface area contributed by atoms with Crippen molar-refractivity contribution in [2.75, 3.05) is 13.1 Å². The van der Waals surface area contributed by atoms with Crippen LogP contribution in [0, 0.1) is 0 Å². The van der Waals surface area contributed by atoms with Crippen molar-refractivity contribution in [3.8, 4) is 5.69 Å². The third-order valence-corrected chi connectivity index (χ3v) is 5.58. The highest BCUT2D eigenvalue weighted by Crippen LogP contribution is 2.14. The van der Waals surface area contributed by atoms with Gasteiger partial charge in [0.15, 0.2) is 0 Å². The van der Waals surface area contributed by atoms with Crippen LogP contribution in [-0.4, -0.2) is 45.8 Å². The number of carbonyl (C=O) groups excluding carboxylic acids is 2. The van der Waals surface area contributed by atoms with Crippen LogP contribution in [-0.2, 0) is 6.54 Å². The summed E-state index contributed by atoms with van der Waals surface area (Å²) in [5, 5.41) is 11.0. The number of halogens is 1. The van der Waals surface area contributed by atoms with Crippen LogP contribution >= 0.6 is 11.6 Å². The van der Waals surface area contributed by atoms with Crippen molar-refractivity contribution in [2.24, 2.45) is 0 Å². The minimum absolute atomic E-state index is 0.0683. The lowest BCUT2D eigenvalue weighted by atomic mass is 10.0. The Hall–Kier alpha value is -3.32. The molecule has 2 heterocycles. The number of urea groups is 1. The Morgan fingerprint density at radius 2 is 1.74 bits per heavy atom. The molecule has 8 heteroatoms. The van der Waals surface area contributed by atoms with E-state index in [1.807, 2.05) is 48.7 Å². The number of piperidine rings is 1.